The van der Waals surface area contributed by atoms with E-state index < -0.39 is 19.7 Å². The first kappa shape index (κ1) is 45.4. The van der Waals surface area contributed by atoms with Crippen LogP contribution >= 0.6 is 0 Å². The topological polar surface area (TPSA) is 93.2 Å². The Labute approximate surface area is 396 Å². The highest BCUT2D eigenvalue weighted by Crippen LogP contribution is 2.46. The van der Waals surface area contributed by atoms with Crippen LogP contribution in [0.15, 0.2) is 103 Å². The maximum atomic E-state index is 17.6. The molecular formula is C55H65FN6O4Si. The number of hydrogen-bond acceptors (Lipinski definition) is 9. The molecule has 4 aromatic carbocycles. The molecule has 4 fully saturated rings. The number of rotatable bonds is 10. The number of anilines is 1. The molecule has 6 aromatic rings. The van der Waals surface area contributed by atoms with Crippen molar-refractivity contribution in [2.75, 3.05) is 37.7 Å². The molecule has 6 heterocycles. The van der Waals surface area contributed by atoms with Gasteiger partial charge in [0.2, 0.25) is 0 Å². The molecule has 0 aliphatic carbocycles. The molecule has 2 aromatic heterocycles. The van der Waals surface area contributed by atoms with Crippen LogP contribution in [-0.2, 0) is 15.6 Å². The van der Waals surface area contributed by atoms with Gasteiger partial charge in [-0.05, 0) is 90.5 Å². The number of pyridine rings is 1. The minimum absolute atomic E-state index is 0.0352. The number of aromatic nitrogens is 3. The Bertz CT molecular complexity index is 2740. The van der Waals surface area contributed by atoms with Gasteiger partial charge in [0.05, 0.1) is 29.1 Å². The highest BCUT2D eigenvalue weighted by atomic mass is 28.4. The molecule has 4 aliphatic rings. The predicted molar refractivity (Wildman–Crippen MR) is 267 cm³/mol. The van der Waals surface area contributed by atoms with Crippen molar-refractivity contribution in [1.29, 1.82) is 0 Å². The van der Waals surface area contributed by atoms with Gasteiger partial charge in [-0.1, -0.05) is 132 Å². The molecule has 0 radical (unpaired) electrons. The van der Waals surface area contributed by atoms with E-state index in [4.69, 9.17) is 28.9 Å². The van der Waals surface area contributed by atoms with Crippen molar-refractivity contribution >= 4 is 52.3 Å². The van der Waals surface area contributed by atoms with E-state index in [0.717, 1.165) is 67.1 Å². The smallest absolute Gasteiger partial charge is 0.410 e. The molecular weight excluding hydrogens is 856 g/mol. The third kappa shape index (κ3) is 8.16. The minimum atomic E-state index is -2.83. The lowest BCUT2D eigenvalue weighted by Gasteiger charge is -2.45. The fourth-order valence-corrected chi connectivity index (χ4v) is 16.8. The van der Waals surface area contributed by atoms with Gasteiger partial charge >= 0.3 is 12.1 Å². The van der Waals surface area contributed by atoms with Gasteiger partial charge in [-0.25, -0.2) is 9.18 Å². The maximum absolute atomic E-state index is 17.6. The molecule has 10 nitrogen and oxygen atoms in total. The Kier molecular flexibility index (Phi) is 11.7. The Morgan fingerprint density at radius 3 is 2.10 bits per heavy atom. The normalized spacial score (nSPS) is 23.3. The third-order valence-corrected chi connectivity index (χ3v) is 19.9. The monoisotopic (exact) mass is 920 g/mol. The summed E-state index contributed by atoms with van der Waals surface area (Å²) in [6, 6.07) is 33.9. The lowest BCUT2D eigenvalue weighted by Crippen LogP contribution is -2.67. The largest absolute Gasteiger partial charge is 0.461 e. The molecule has 0 N–H and O–H groups in total. The van der Waals surface area contributed by atoms with E-state index in [-0.39, 0.29) is 52.1 Å². The first-order chi connectivity index (χ1) is 32.1. The number of piperazine rings is 1. The quantitative estimate of drug-likeness (QED) is 0.125. The summed E-state index contributed by atoms with van der Waals surface area (Å²) in [7, 11) is -2.83. The molecule has 5 atom stereocenters. The Balaban J connectivity index is 1.02. The summed E-state index contributed by atoms with van der Waals surface area (Å²) in [5.74, 6) is 0.523. The molecule has 4 saturated heterocycles. The molecule has 12 heteroatoms. The number of nitrogens with zero attached hydrogens (tertiary/aromatic N) is 6. The Hall–Kier alpha value is -5.43. The lowest BCUT2D eigenvalue weighted by atomic mass is 9.91. The van der Waals surface area contributed by atoms with Gasteiger partial charge in [-0.15, -0.1) is 0 Å². The van der Waals surface area contributed by atoms with Crippen LogP contribution in [0.2, 0.25) is 5.04 Å². The summed E-state index contributed by atoms with van der Waals surface area (Å²) in [4.78, 5) is 35.2. The van der Waals surface area contributed by atoms with Crippen molar-refractivity contribution in [3.63, 3.8) is 0 Å². The summed E-state index contributed by atoms with van der Waals surface area (Å²) in [5.41, 5.74) is 1.35. The third-order valence-electron chi connectivity index (χ3n) is 14.8. The highest BCUT2D eigenvalue weighted by molar-refractivity contribution is 6.99. The van der Waals surface area contributed by atoms with Gasteiger partial charge in [-0.2, -0.15) is 9.97 Å². The molecule has 0 saturated carbocycles. The highest BCUT2D eigenvalue weighted by Gasteiger charge is 2.57. The fraction of sp³-hybridized carbons (Fsp3) is 0.455. The van der Waals surface area contributed by atoms with Crippen LogP contribution in [0.1, 0.15) is 86.6 Å². The summed E-state index contributed by atoms with van der Waals surface area (Å²) in [6.07, 6.45) is 5.62. The molecule has 2 unspecified atom stereocenters. The maximum Gasteiger partial charge on any atom is 0.410 e. The first-order valence-corrected chi connectivity index (χ1v) is 26.3. The second kappa shape index (κ2) is 17.3. The van der Waals surface area contributed by atoms with E-state index in [1.165, 1.54) is 10.4 Å². The van der Waals surface area contributed by atoms with Crippen LogP contribution in [0, 0.1) is 11.7 Å². The average Bonchev–Trinajstić information content (AvgIpc) is 3.89. The van der Waals surface area contributed by atoms with Crippen molar-refractivity contribution in [1.82, 2.24) is 24.8 Å². The number of carbonyl (C=O) groups is 1. The fourth-order valence-electron chi connectivity index (χ4n) is 12.2. The van der Waals surface area contributed by atoms with E-state index in [9.17, 15) is 4.79 Å². The summed E-state index contributed by atoms with van der Waals surface area (Å²) in [5, 5.41) is 4.92. The van der Waals surface area contributed by atoms with Crippen LogP contribution < -0.4 is 20.0 Å². The van der Waals surface area contributed by atoms with E-state index in [1.807, 2.05) is 43.9 Å². The number of benzene rings is 4. The minimum Gasteiger partial charge on any atom is -0.461 e. The van der Waals surface area contributed by atoms with Crippen molar-refractivity contribution in [3.8, 4) is 17.3 Å². The van der Waals surface area contributed by atoms with Crippen LogP contribution in [0.25, 0.3) is 32.9 Å². The standard InChI is InChI=1S/C55H65FN6O4Si/c1-9-37-18-16-19-38-20-17-25-44(46(37)38)48-47(56)49-45(30-57-48)50(60-32-39-26-27-40(33-60)62(39)52(63)65-53(3,4)5)59-51(58-49)64-35-55-28-36(2)31-61(55)34-41(29-55)66-67(54(6,7)8,42-21-12-10-13-22-42)43-23-14-11-15-24-43/h10-25,30,36,39-41H,9,26-29,31-35H2,1-8H3/t36-,39?,40?,41+,55-/m0/s1. The summed E-state index contributed by atoms with van der Waals surface area (Å²) < 4.78 is 38.1. The second-order valence-electron chi connectivity index (χ2n) is 21.7. The second-order valence-corrected chi connectivity index (χ2v) is 26.0. The summed E-state index contributed by atoms with van der Waals surface area (Å²) in [6.45, 7) is 20.2. The van der Waals surface area contributed by atoms with E-state index in [0.29, 0.717) is 36.8 Å². The van der Waals surface area contributed by atoms with Crippen molar-refractivity contribution in [2.24, 2.45) is 5.92 Å². The molecule has 2 bridgehead atoms. The molecule has 1 amide bonds. The number of halogens is 1. The van der Waals surface area contributed by atoms with Gasteiger partial charge in [0, 0.05) is 37.9 Å². The number of fused-ring (bicyclic) bond motifs is 5. The number of amides is 1. The van der Waals surface area contributed by atoms with Crippen LogP contribution in [0.4, 0.5) is 15.0 Å². The number of aryl methyl sites for hydroxylation is 1. The van der Waals surface area contributed by atoms with Crippen LogP contribution in [0.5, 0.6) is 6.01 Å². The number of hydrogen-bond donors (Lipinski definition) is 0. The van der Waals surface area contributed by atoms with Gasteiger partial charge < -0.3 is 18.8 Å². The van der Waals surface area contributed by atoms with Crippen molar-refractivity contribution in [3.05, 3.63) is 115 Å². The molecule has 4 aliphatic heterocycles. The number of carbonyl (C=O) groups excluding carboxylic acids is 1. The van der Waals surface area contributed by atoms with Crippen molar-refractivity contribution < 1.29 is 23.1 Å². The molecule has 10 rings (SSSR count). The Morgan fingerprint density at radius 1 is 0.821 bits per heavy atom. The zero-order valence-corrected chi connectivity index (χ0v) is 41.4. The van der Waals surface area contributed by atoms with Crippen molar-refractivity contribution in [2.45, 2.75) is 122 Å². The SMILES string of the molecule is CCc1cccc2cccc(-c3ncc4c(N5CC6CCC(C5)N6C(=O)OC(C)(C)C)nc(OC[C@@]56C[C@H](C)CN5C[C@H](O[Si](c5ccccc5)(c5ccccc5)C(C)(C)C)C6)nc4c3F)c12. The van der Waals surface area contributed by atoms with Gasteiger partial charge in [0.15, 0.2) is 5.82 Å². The zero-order valence-electron chi connectivity index (χ0n) is 40.4. The van der Waals surface area contributed by atoms with E-state index in [2.05, 4.69) is 123 Å². The van der Waals surface area contributed by atoms with Gasteiger partial charge in [-0.3, -0.25) is 14.8 Å². The predicted octanol–water partition coefficient (Wildman–Crippen LogP) is 9.94. The first-order valence-electron chi connectivity index (χ1n) is 24.4. The average molecular weight is 921 g/mol. The Morgan fingerprint density at radius 2 is 1.48 bits per heavy atom. The lowest BCUT2D eigenvalue weighted by molar-refractivity contribution is 0.0122. The number of ether oxygens (including phenoxy) is 2. The van der Waals surface area contributed by atoms with Gasteiger partial charge in [0.1, 0.15) is 29.2 Å². The molecule has 0 spiro atoms. The van der Waals surface area contributed by atoms with Gasteiger partial charge in [0.25, 0.3) is 8.32 Å². The van der Waals surface area contributed by atoms with Crippen LogP contribution in [0.3, 0.4) is 0 Å². The molecule has 67 heavy (non-hydrogen) atoms. The van der Waals surface area contributed by atoms with E-state index in [1.54, 1.807) is 6.20 Å². The van der Waals surface area contributed by atoms with E-state index >= 15 is 4.39 Å². The zero-order chi connectivity index (χ0) is 46.9. The van der Waals surface area contributed by atoms with Crippen LogP contribution in [-0.4, -0.2) is 101 Å². The molecule has 350 valence electrons. The summed E-state index contributed by atoms with van der Waals surface area (Å²) >= 11 is 0.